The highest BCUT2D eigenvalue weighted by Crippen LogP contribution is 2.53. The summed E-state index contributed by atoms with van der Waals surface area (Å²) in [7, 11) is 0. The first-order valence-corrected chi connectivity index (χ1v) is 6.24. The number of halogens is 2. The molecule has 0 aromatic rings. The Morgan fingerprint density at radius 2 is 1.47 bits per heavy atom. The van der Waals surface area contributed by atoms with E-state index in [-0.39, 0.29) is 6.54 Å². The van der Waals surface area contributed by atoms with Crippen molar-refractivity contribution in [3.8, 4) is 0 Å². The minimum absolute atomic E-state index is 0.104. The van der Waals surface area contributed by atoms with Gasteiger partial charge >= 0.3 is 0 Å². The number of alkyl halides is 2. The average molecular weight is 215 g/mol. The molecule has 1 N–H and O–H groups in total. The first kappa shape index (κ1) is 10.0. The third-order valence-corrected chi connectivity index (χ3v) is 4.73. The van der Waals surface area contributed by atoms with Crippen molar-refractivity contribution >= 4 is 0 Å². The van der Waals surface area contributed by atoms with Gasteiger partial charge in [0.1, 0.15) is 0 Å². The monoisotopic (exact) mass is 215 g/mol. The van der Waals surface area contributed by atoms with E-state index in [0.717, 1.165) is 11.8 Å². The van der Waals surface area contributed by atoms with Crippen LogP contribution in [0.2, 0.25) is 0 Å². The fourth-order valence-corrected chi connectivity index (χ4v) is 4.48. The molecule has 4 rings (SSSR count). The van der Waals surface area contributed by atoms with E-state index in [9.17, 15) is 8.78 Å². The zero-order valence-corrected chi connectivity index (χ0v) is 8.96. The standard InChI is InChI=1S/C12H19F2N/c13-11(14)6-15-12-9-2-7-1-8(4-9)5-10(12)3-7/h7-12,15H,1-6H2. The molecule has 0 radical (unpaired) electrons. The molecule has 4 aliphatic carbocycles. The van der Waals surface area contributed by atoms with E-state index < -0.39 is 6.43 Å². The summed E-state index contributed by atoms with van der Waals surface area (Å²) in [5, 5.41) is 3.11. The molecule has 15 heavy (non-hydrogen) atoms. The second-order valence-electron chi connectivity index (χ2n) is 5.76. The summed E-state index contributed by atoms with van der Waals surface area (Å²) in [6, 6.07) is 0.409. The zero-order chi connectivity index (χ0) is 10.4. The lowest BCUT2D eigenvalue weighted by atomic mass is 9.54. The minimum Gasteiger partial charge on any atom is -0.308 e. The van der Waals surface area contributed by atoms with Gasteiger partial charge in [0.15, 0.2) is 0 Å². The lowest BCUT2D eigenvalue weighted by Crippen LogP contribution is -2.55. The third-order valence-electron chi connectivity index (χ3n) is 4.73. The molecule has 0 amide bonds. The molecule has 0 saturated heterocycles. The van der Waals surface area contributed by atoms with Crippen molar-refractivity contribution < 1.29 is 8.78 Å². The van der Waals surface area contributed by atoms with Gasteiger partial charge in [0, 0.05) is 6.04 Å². The Kier molecular flexibility index (Phi) is 2.46. The molecule has 0 spiro atoms. The maximum absolute atomic E-state index is 12.2. The molecule has 3 heteroatoms. The van der Waals surface area contributed by atoms with Gasteiger partial charge in [-0.2, -0.15) is 0 Å². The van der Waals surface area contributed by atoms with E-state index in [0.29, 0.717) is 17.9 Å². The van der Waals surface area contributed by atoms with Crippen LogP contribution < -0.4 is 5.32 Å². The summed E-state index contributed by atoms with van der Waals surface area (Å²) in [4.78, 5) is 0. The molecular weight excluding hydrogens is 196 g/mol. The summed E-state index contributed by atoms with van der Waals surface area (Å²) < 4.78 is 24.4. The van der Waals surface area contributed by atoms with Crippen molar-refractivity contribution in [1.29, 1.82) is 0 Å². The fourth-order valence-electron chi connectivity index (χ4n) is 4.48. The molecule has 4 fully saturated rings. The highest BCUT2D eigenvalue weighted by molar-refractivity contribution is 5.01. The van der Waals surface area contributed by atoms with Crippen molar-refractivity contribution in [1.82, 2.24) is 5.32 Å². The zero-order valence-electron chi connectivity index (χ0n) is 8.96. The van der Waals surface area contributed by atoms with Crippen LogP contribution in [0, 0.1) is 23.7 Å². The number of rotatable bonds is 3. The van der Waals surface area contributed by atoms with E-state index in [1.807, 2.05) is 0 Å². The normalized spacial score (nSPS) is 47.8. The van der Waals surface area contributed by atoms with Crippen LogP contribution in [0.4, 0.5) is 8.78 Å². The Labute approximate surface area is 89.6 Å². The molecular formula is C12H19F2N. The Hall–Kier alpha value is -0.180. The number of hydrogen-bond donors (Lipinski definition) is 1. The molecule has 0 heterocycles. The van der Waals surface area contributed by atoms with Gasteiger partial charge in [-0.25, -0.2) is 8.78 Å². The number of hydrogen-bond acceptors (Lipinski definition) is 1. The Morgan fingerprint density at radius 3 is 1.93 bits per heavy atom. The van der Waals surface area contributed by atoms with Crippen molar-refractivity contribution in [3.05, 3.63) is 0 Å². The Bertz CT molecular complexity index is 214. The quantitative estimate of drug-likeness (QED) is 0.763. The SMILES string of the molecule is FC(F)CNC1C2CC3CC(C2)CC1C3. The first-order valence-electron chi connectivity index (χ1n) is 6.24. The highest BCUT2D eigenvalue weighted by Gasteiger charge is 2.47. The predicted octanol–water partition coefficient (Wildman–Crippen LogP) is 2.67. The second-order valence-corrected chi connectivity index (χ2v) is 5.76. The van der Waals surface area contributed by atoms with Crippen LogP contribution in [-0.4, -0.2) is 19.0 Å². The van der Waals surface area contributed by atoms with Crippen molar-refractivity contribution in [2.45, 2.75) is 44.6 Å². The van der Waals surface area contributed by atoms with E-state index >= 15 is 0 Å². The van der Waals surface area contributed by atoms with Crippen molar-refractivity contribution in [2.24, 2.45) is 23.7 Å². The van der Waals surface area contributed by atoms with Crippen LogP contribution >= 0.6 is 0 Å². The van der Waals surface area contributed by atoms with E-state index in [1.54, 1.807) is 0 Å². The minimum atomic E-state index is -2.19. The van der Waals surface area contributed by atoms with Gasteiger partial charge in [0.25, 0.3) is 6.43 Å². The van der Waals surface area contributed by atoms with E-state index in [4.69, 9.17) is 0 Å². The van der Waals surface area contributed by atoms with Crippen molar-refractivity contribution in [2.75, 3.05) is 6.54 Å². The lowest BCUT2D eigenvalue weighted by molar-refractivity contribution is -0.0187. The molecule has 0 unspecified atom stereocenters. The molecule has 4 saturated carbocycles. The van der Waals surface area contributed by atoms with Gasteiger partial charge in [-0.3, -0.25) is 0 Å². The molecule has 1 nitrogen and oxygen atoms in total. The lowest BCUT2D eigenvalue weighted by Gasteiger charge is -2.54. The van der Waals surface area contributed by atoms with Gasteiger partial charge in [-0.05, 0) is 55.8 Å². The molecule has 86 valence electrons. The summed E-state index contributed by atoms with van der Waals surface area (Å²) in [6.45, 7) is -0.104. The largest absolute Gasteiger partial charge is 0.308 e. The van der Waals surface area contributed by atoms with Crippen LogP contribution in [0.25, 0.3) is 0 Å². The topological polar surface area (TPSA) is 12.0 Å². The maximum atomic E-state index is 12.2. The van der Waals surface area contributed by atoms with Gasteiger partial charge in [-0.1, -0.05) is 0 Å². The summed E-state index contributed by atoms with van der Waals surface area (Å²) in [6.07, 6.45) is 4.43. The van der Waals surface area contributed by atoms with Crippen molar-refractivity contribution in [3.63, 3.8) is 0 Å². The van der Waals surface area contributed by atoms with Crippen LogP contribution in [0.3, 0.4) is 0 Å². The Balaban J connectivity index is 1.64. The average Bonchev–Trinajstić information content (AvgIpc) is 2.14. The van der Waals surface area contributed by atoms with Crippen LogP contribution in [0.15, 0.2) is 0 Å². The predicted molar refractivity (Wildman–Crippen MR) is 54.8 cm³/mol. The molecule has 4 aliphatic rings. The van der Waals surface area contributed by atoms with Gasteiger partial charge in [0.05, 0.1) is 6.54 Å². The smallest absolute Gasteiger partial charge is 0.250 e. The van der Waals surface area contributed by atoms with Gasteiger partial charge in [0.2, 0.25) is 0 Å². The molecule has 0 aliphatic heterocycles. The second kappa shape index (κ2) is 3.69. The maximum Gasteiger partial charge on any atom is 0.250 e. The molecule has 0 atom stereocenters. The van der Waals surface area contributed by atoms with E-state index in [2.05, 4.69) is 5.32 Å². The third kappa shape index (κ3) is 1.79. The first-order chi connectivity index (χ1) is 7.22. The van der Waals surface area contributed by atoms with Crippen LogP contribution in [0.5, 0.6) is 0 Å². The molecule has 4 bridgehead atoms. The summed E-state index contributed by atoms with van der Waals surface area (Å²) >= 11 is 0. The number of nitrogens with one attached hydrogen (secondary N) is 1. The van der Waals surface area contributed by atoms with E-state index in [1.165, 1.54) is 32.1 Å². The van der Waals surface area contributed by atoms with Gasteiger partial charge in [-0.15, -0.1) is 0 Å². The summed E-state index contributed by atoms with van der Waals surface area (Å²) in [5.41, 5.74) is 0. The highest BCUT2D eigenvalue weighted by atomic mass is 19.3. The van der Waals surface area contributed by atoms with Crippen LogP contribution in [-0.2, 0) is 0 Å². The Morgan fingerprint density at radius 1 is 0.933 bits per heavy atom. The summed E-state index contributed by atoms with van der Waals surface area (Å²) in [5.74, 6) is 3.27. The fraction of sp³-hybridized carbons (Fsp3) is 1.00. The van der Waals surface area contributed by atoms with Crippen LogP contribution in [0.1, 0.15) is 32.1 Å². The molecule has 0 aromatic heterocycles. The molecule has 0 aromatic carbocycles. The van der Waals surface area contributed by atoms with Gasteiger partial charge < -0.3 is 5.32 Å².